The number of hydrogen-bond acceptors (Lipinski definition) is 7. The number of ether oxygens (including phenoxy) is 1. The van der Waals surface area contributed by atoms with E-state index in [1.54, 1.807) is 14.1 Å². The van der Waals surface area contributed by atoms with E-state index >= 15 is 0 Å². The number of nitro groups is 1. The van der Waals surface area contributed by atoms with Crippen molar-refractivity contribution >= 4 is 28.1 Å². The van der Waals surface area contributed by atoms with Gasteiger partial charge in [-0.15, -0.1) is 4.40 Å². The Morgan fingerprint density at radius 2 is 2.14 bits per heavy atom. The summed E-state index contributed by atoms with van der Waals surface area (Å²) in [6, 6.07) is 2.35. The molecule has 0 aliphatic carbocycles. The van der Waals surface area contributed by atoms with E-state index in [4.69, 9.17) is 14.9 Å². The van der Waals surface area contributed by atoms with Crippen LogP contribution in [0.15, 0.2) is 27.5 Å². The van der Waals surface area contributed by atoms with Gasteiger partial charge < -0.3 is 25.2 Å². The molecule has 0 aromatic heterocycles. The van der Waals surface area contributed by atoms with Crippen LogP contribution in [0.5, 0.6) is 5.75 Å². The van der Waals surface area contributed by atoms with Crippen molar-refractivity contribution < 1.29 is 33.1 Å². The maximum Gasteiger partial charge on any atom is 0.404 e. The Morgan fingerprint density at radius 3 is 2.68 bits per heavy atom. The third-order valence-corrected chi connectivity index (χ3v) is 4.60. The van der Waals surface area contributed by atoms with Crippen LogP contribution in [0.2, 0.25) is 0 Å². The Balaban J connectivity index is 2.97. The van der Waals surface area contributed by atoms with Crippen LogP contribution >= 0.6 is 0 Å². The second-order valence-electron chi connectivity index (χ2n) is 5.87. The van der Waals surface area contributed by atoms with E-state index in [-0.39, 0.29) is 35.8 Å². The number of nitrogens with one attached hydrogen (secondary N) is 1. The summed E-state index contributed by atoms with van der Waals surface area (Å²) < 4.78 is 33.6. The fourth-order valence-corrected chi connectivity index (χ4v) is 3.08. The highest BCUT2D eigenvalue weighted by molar-refractivity contribution is 7.90. The molecule has 0 saturated heterocycles. The van der Waals surface area contributed by atoms with Crippen molar-refractivity contribution in [1.29, 1.82) is 0 Å². The molecule has 0 heterocycles. The molecule has 0 unspecified atom stereocenters. The molecule has 1 aromatic carbocycles. The van der Waals surface area contributed by atoms with Crippen molar-refractivity contribution in [3.05, 3.63) is 28.3 Å². The second kappa shape index (κ2) is 10.4. The zero-order chi connectivity index (χ0) is 21.3. The van der Waals surface area contributed by atoms with E-state index in [1.165, 1.54) is 4.90 Å². The van der Waals surface area contributed by atoms with E-state index in [2.05, 4.69) is 9.71 Å². The molecule has 156 valence electrons. The van der Waals surface area contributed by atoms with Crippen molar-refractivity contribution in [1.82, 2.24) is 10.2 Å². The highest BCUT2D eigenvalue weighted by Crippen LogP contribution is 2.30. The van der Waals surface area contributed by atoms with Gasteiger partial charge >= 0.3 is 6.09 Å². The fraction of sp³-hybridized carbons (Fsp3) is 0.467. The minimum absolute atomic E-state index is 0.0567. The van der Waals surface area contributed by atoms with E-state index in [0.29, 0.717) is 0 Å². The molecule has 13 heteroatoms. The van der Waals surface area contributed by atoms with Gasteiger partial charge in [-0.3, -0.25) is 10.1 Å². The molecule has 0 aliphatic rings. The summed E-state index contributed by atoms with van der Waals surface area (Å²) in [5.41, 5.74) is -0.355. The molecule has 1 rings (SSSR count). The van der Waals surface area contributed by atoms with E-state index in [9.17, 15) is 23.3 Å². The highest BCUT2D eigenvalue weighted by Gasteiger charge is 2.22. The SMILES string of the molecule is CN(C)C=NS(=O)(=O)c1ccc([N+](=O)[O-])cc1OCCC[C@@H](CO)NC(=O)O. The standard InChI is InChI=1S/C15H22N4O8S/c1-18(2)10-16-28(25,26)14-6-5-12(19(23)24)8-13(14)27-7-3-4-11(9-20)17-15(21)22/h5-6,8,10-11,17,20H,3-4,7,9H2,1-2H3,(H,21,22)/t11-/m0/s1. The van der Waals surface area contributed by atoms with Crippen LogP contribution in [-0.2, 0) is 10.0 Å². The smallest absolute Gasteiger partial charge is 0.404 e. The molecule has 0 bridgehead atoms. The zero-order valence-corrected chi connectivity index (χ0v) is 16.1. The number of rotatable bonds is 11. The molecular weight excluding hydrogens is 396 g/mol. The number of carboxylic acid groups (broad SMARTS) is 1. The molecule has 0 aliphatic heterocycles. The van der Waals surface area contributed by atoms with E-state index < -0.39 is 33.7 Å². The molecule has 0 spiro atoms. The first-order valence-corrected chi connectivity index (χ1v) is 9.49. The monoisotopic (exact) mass is 418 g/mol. The third kappa shape index (κ3) is 7.36. The van der Waals surface area contributed by atoms with Crippen molar-refractivity contribution in [2.24, 2.45) is 4.40 Å². The quantitative estimate of drug-likeness (QED) is 0.153. The second-order valence-corrected chi connectivity index (χ2v) is 7.47. The predicted molar refractivity (Wildman–Crippen MR) is 99.2 cm³/mol. The molecule has 0 saturated carbocycles. The van der Waals surface area contributed by atoms with E-state index in [1.807, 2.05) is 0 Å². The largest absolute Gasteiger partial charge is 0.492 e. The Kier molecular flexibility index (Phi) is 8.60. The van der Waals surface area contributed by atoms with Crippen molar-refractivity contribution in [3.8, 4) is 5.75 Å². The number of carbonyl (C=O) groups is 1. The Bertz CT molecular complexity index is 825. The molecule has 28 heavy (non-hydrogen) atoms. The van der Waals surface area contributed by atoms with Crippen LogP contribution in [0.3, 0.4) is 0 Å². The summed E-state index contributed by atoms with van der Waals surface area (Å²) in [6.45, 7) is -0.471. The topological polar surface area (TPSA) is 172 Å². The highest BCUT2D eigenvalue weighted by atomic mass is 32.2. The summed E-state index contributed by atoms with van der Waals surface area (Å²) in [5, 5.41) is 30.8. The number of sulfonamides is 1. The first kappa shape index (κ1) is 23.1. The van der Waals surface area contributed by atoms with E-state index in [0.717, 1.165) is 24.5 Å². The number of nitro benzene ring substituents is 1. The summed E-state index contributed by atoms with van der Waals surface area (Å²) in [4.78, 5) is 21.9. The molecule has 0 radical (unpaired) electrons. The summed E-state index contributed by atoms with van der Waals surface area (Å²) >= 11 is 0. The maximum absolute atomic E-state index is 12.4. The summed E-state index contributed by atoms with van der Waals surface area (Å²) in [5.74, 6) is -0.239. The molecule has 0 fully saturated rings. The van der Waals surface area contributed by atoms with Crippen LogP contribution in [-0.4, -0.2) is 74.2 Å². The average molecular weight is 418 g/mol. The van der Waals surface area contributed by atoms with Gasteiger partial charge in [-0.2, -0.15) is 8.42 Å². The van der Waals surface area contributed by atoms with Gasteiger partial charge in [0, 0.05) is 20.2 Å². The maximum atomic E-state index is 12.4. The van der Waals surface area contributed by atoms with Crippen LogP contribution in [0.1, 0.15) is 12.8 Å². The third-order valence-electron chi connectivity index (χ3n) is 3.34. The molecule has 1 atom stereocenters. The van der Waals surface area contributed by atoms with Crippen molar-refractivity contribution in [2.75, 3.05) is 27.3 Å². The zero-order valence-electron chi connectivity index (χ0n) is 15.3. The van der Waals surface area contributed by atoms with Crippen LogP contribution in [0.25, 0.3) is 0 Å². The summed E-state index contributed by atoms with van der Waals surface area (Å²) in [6.07, 6.45) is 0.266. The first-order chi connectivity index (χ1) is 13.1. The number of hydrogen-bond donors (Lipinski definition) is 3. The van der Waals surface area contributed by atoms with Crippen LogP contribution < -0.4 is 10.1 Å². The van der Waals surface area contributed by atoms with Gasteiger partial charge in [0.25, 0.3) is 15.7 Å². The summed E-state index contributed by atoms with van der Waals surface area (Å²) in [7, 11) is -0.996. The van der Waals surface area contributed by atoms with Crippen molar-refractivity contribution in [2.45, 2.75) is 23.8 Å². The number of aliphatic hydroxyl groups excluding tert-OH is 1. The number of benzene rings is 1. The van der Waals surface area contributed by atoms with Gasteiger partial charge in [0.05, 0.1) is 30.2 Å². The van der Waals surface area contributed by atoms with Gasteiger partial charge in [0.15, 0.2) is 0 Å². The van der Waals surface area contributed by atoms with Crippen LogP contribution in [0.4, 0.5) is 10.5 Å². The lowest BCUT2D eigenvalue weighted by molar-refractivity contribution is -0.385. The fourth-order valence-electron chi connectivity index (χ4n) is 2.04. The van der Waals surface area contributed by atoms with Gasteiger partial charge in [0.2, 0.25) is 0 Å². The lowest BCUT2D eigenvalue weighted by Crippen LogP contribution is -2.36. The van der Waals surface area contributed by atoms with Crippen molar-refractivity contribution in [3.63, 3.8) is 0 Å². The normalized spacial score (nSPS) is 12.5. The van der Waals surface area contributed by atoms with Gasteiger partial charge in [-0.05, 0) is 18.9 Å². The Morgan fingerprint density at radius 1 is 1.46 bits per heavy atom. The minimum atomic E-state index is -4.15. The minimum Gasteiger partial charge on any atom is -0.492 e. The lowest BCUT2D eigenvalue weighted by atomic mass is 10.2. The molecule has 1 aromatic rings. The molecule has 3 N–H and O–H groups in total. The number of amides is 1. The average Bonchev–Trinajstić information content (AvgIpc) is 2.62. The molecular formula is C15H22N4O8S. The molecule has 12 nitrogen and oxygen atoms in total. The first-order valence-electron chi connectivity index (χ1n) is 8.05. The molecule has 1 amide bonds. The van der Waals surface area contributed by atoms with Gasteiger partial charge in [-0.25, -0.2) is 4.79 Å². The number of non-ortho nitro benzene ring substituents is 1. The van der Waals surface area contributed by atoms with Gasteiger partial charge in [0.1, 0.15) is 17.0 Å². The lowest BCUT2D eigenvalue weighted by Gasteiger charge is -2.15. The number of aliphatic hydroxyl groups is 1. The number of nitrogens with zero attached hydrogens (tertiary/aromatic N) is 3. The Hall–Kier alpha value is -2.93. The van der Waals surface area contributed by atoms with Gasteiger partial charge in [-0.1, -0.05) is 0 Å². The Labute approximate surface area is 161 Å². The van der Waals surface area contributed by atoms with Crippen LogP contribution in [0, 0.1) is 10.1 Å². The predicted octanol–water partition coefficient (Wildman–Crippen LogP) is 0.661.